The summed E-state index contributed by atoms with van der Waals surface area (Å²) in [6.45, 7) is 8.38. The van der Waals surface area contributed by atoms with Crippen LogP contribution in [0.4, 0.5) is 22.1 Å². The number of likely N-dealkylation sites (tertiary alicyclic amines) is 1. The number of piperidine rings is 1. The van der Waals surface area contributed by atoms with Crippen LogP contribution in [0.25, 0.3) is 5.82 Å². The van der Waals surface area contributed by atoms with Gasteiger partial charge in [-0.05, 0) is 52.2 Å². The summed E-state index contributed by atoms with van der Waals surface area (Å²) in [7, 11) is 0. The third-order valence-corrected chi connectivity index (χ3v) is 6.32. The summed E-state index contributed by atoms with van der Waals surface area (Å²) < 4.78 is 13.1. The molecule has 3 aromatic heterocycles. The van der Waals surface area contributed by atoms with E-state index in [1.165, 1.54) is 6.33 Å². The zero-order chi connectivity index (χ0) is 25.1. The van der Waals surface area contributed by atoms with Gasteiger partial charge in [0.15, 0.2) is 17.5 Å². The van der Waals surface area contributed by atoms with E-state index < -0.39 is 0 Å². The lowest BCUT2D eigenvalue weighted by Gasteiger charge is -2.38. The molecule has 3 aromatic rings. The average Bonchev–Trinajstić information content (AvgIpc) is 3.32. The lowest BCUT2D eigenvalue weighted by Crippen LogP contribution is -2.47. The molecule has 1 amide bonds. The van der Waals surface area contributed by atoms with E-state index >= 15 is 0 Å². The molecule has 1 fully saturated rings. The van der Waals surface area contributed by atoms with Crippen molar-refractivity contribution in [3.05, 3.63) is 36.8 Å². The quantitative estimate of drug-likeness (QED) is 0.567. The Labute approximate surface area is 209 Å². The number of ether oxygens (including phenoxy) is 2. The molecule has 190 valence electrons. The fourth-order valence-corrected chi connectivity index (χ4v) is 4.56. The third-order valence-electron chi connectivity index (χ3n) is 6.32. The van der Waals surface area contributed by atoms with Crippen molar-refractivity contribution in [2.45, 2.75) is 52.2 Å². The molecule has 12 heteroatoms. The fraction of sp³-hybridized carbons (Fsp3) is 0.500. The number of nitrogens with zero attached hydrogens (tertiary/aromatic N) is 8. The SMILES string of the molecule is Cc1nc(-n2cncn2)ccc1Nc1ncnc2c1OCCCN2C1CCN(C(=O)OC(C)C)CC1. The summed E-state index contributed by atoms with van der Waals surface area (Å²) in [5.41, 5.74) is 1.61. The van der Waals surface area contributed by atoms with Gasteiger partial charge < -0.3 is 24.6 Å². The van der Waals surface area contributed by atoms with E-state index in [0.717, 1.165) is 43.0 Å². The van der Waals surface area contributed by atoms with Crippen molar-refractivity contribution in [3.63, 3.8) is 0 Å². The van der Waals surface area contributed by atoms with Crippen LogP contribution >= 0.6 is 0 Å². The maximum Gasteiger partial charge on any atom is 0.410 e. The molecule has 2 aliphatic rings. The minimum atomic E-state index is -0.240. The first-order chi connectivity index (χ1) is 17.5. The lowest BCUT2D eigenvalue weighted by molar-refractivity contribution is 0.0690. The minimum absolute atomic E-state index is 0.120. The summed E-state index contributed by atoms with van der Waals surface area (Å²) in [6.07, 6.45) is 6.84. The number of rotatable bonds is 5. The van der Waals surface area contributed by atoms with Gasteiger partial charge in [0.2, 0.25) is 5.75 Å². The highest BCUT2D eigenvalue weighted by atomic mass is 16.6. The molecule has 1 saturated heterocycles. The van der Waals surface area contributed by atoms with E-state index in [1.807, 2.05) is 32.9 Å². The van der Waals surface area contributed by atoms with Crippen LogP contribution < -0.4 is 15.0 Å². The first kappa shape index (κ1) is 23.8. The monoisotopic (exact) mass is 493 g/mol. The van der Waals surface area contributed by atoms with Crippen molar-refractivity contribution in [1.29, 1.82) is 0 Å². The summed E-state index contributed by atoms with van der Waals surface area (Å²) in [4.78, 5) is 34.1. The number of nitrogens with one attached hydrogen (secondary N) is 1. The van der Waals surface area contributed by atoms with E-state index in [4.69, 9.17) is 9.47 Å². The number of aryl methyl sites for hydroxylation is 1. The molecule has 0 aromatic carbocycles. The molecule has 1 N–H and O–H groups in total. The summed E-state index contributed by atoms with van der Waals surface area (Å²) >= 11 is 0. The smallest absolute Gasteiger partial charge is 0.410 e. The normalized spacial score (nSPS) is 16.3. The van der Waals surface area contributed by atoms with Gasteiger partial charge in [0, 0.05) is 25.7 Å². The number of fused-ring (bicyclic) bond motifs is 1. The van der Waals surface area contributed by atoms with E-state index in [0.29, 0.717) is 37.1 Å². The number of carbonyl (C=O) groups is 1. The topological polar surface area (TPSA) is 123 Å². The van der Waals surface area contributed by atoms with Crippen LogP contribution in [0.15, 0.2) is 31.1 Å². The lowest BCUT2D eigenvalue weighted by atomic mass is 10.0. The third kappa shape index (κ3) is 5.02. The molecule has 0 saturated carbocycles. The van der Waals surface area contributed by atoms with Crippen LogP contribution in [0.5, 0.6) is 5.75 Å². The summed E-state index contributed by atoms with van der Waals surface area (Å²) in [5, 5.41) is 7.52. The van der Waals surface area contributed by atoms with E-state index in [-0.39, 0.29) is 18.2 Å². The average molecular weight is 494 g/mol. The molecule has 12 nitrogen and oxygen atoms in total. The Morgan fingerprint density at radius 3 is 2.72 bits per heavy atom. The Morgan fingerprint density at radius 1 is 1.17 bits per heavy atom. The predicted molar refractivity (Wildman–Crippen MR) is 133 cm³/mol. The molecular weight excluding hydrogens is 462 g/mol. The van der Waals surface area contributed by atoms with Gasteiger partial charge in [-0.3, -0.25) is 0 Å². The van der Waals surface area contributed by atoms with Gasteiger partial charge in [-0.2, -0.15) is 5.10 Å². The molecular formula is C24H31N9O3. The maximum absolute atomic E-state index is 12.3. The van der Waals surface area contributed by atoms with Gasteiger partial charge in [-0.25, -0.2) is 29.4 Å². The Morgan fingerprint density at radius 2 is 2.00 bits per heavy atom. The van der Waals surface area contributed by atoms with Crippen LogP contribution in [0, 0.1) is 6.92 Å². The van der Waals surface area contributed by atoms with Crippen molar-refractivity contribution < 1.29 is 14.3 Å². The molecule has 2 aliphatic heterocycles. The molecule has 0 bridgehead atoms. The number of hydrogen-bond donors (Lipinski definition) is 1. The second kappa shape index (κ2) is 10.3. The number of carbonyl (C=O) groups excluding carboxylic acids is 1. The Balaban J connectivity index is 1.34. The van der Waals surface area contributed by atoms with E-state index in [9.17, 15) is 4.79 Å². The van der Waals surface area contributed by atoms with Crippen LogP contribution in [0.1, 0.15) is 38.8 Å². The van der Waals surface area contributed by atoms with Crippen molar-refractivity contribution in [2.75, 3.05) is 36.5 Å². The molecule has 0 radical (unpaired) electrons. The molecule has 0 unspecified atom stereocenters. The van der Waals surface area contributed by atoms with Crippen LogP contribution in [-0.2, 0) is 4.74 Å². The second-order valence-electron chi connectivity index (χ2n) is 9.19. The zero-order valence-corrected chi connectivity index (χ0v) is 20.8. The van der Waals surface area contributed by atoms with Crippen molar-refractivity contribution in [3.8, 4) is 11.6 Å². The Hall–Kier alpha value is -3.96. The molecule has 0 atom stereocenters. The van der Waals surface area contributed by atoms with Gasteiger partial charge in [-0.15, -0.1) is 0 Å². The maximum atomic E-state index is 12.3. The first-order valence-corrected chi connectivity index (χ1v) is 12.3. The highest BCUT2D eigenvalue weighted by Gasteiger charge is 2.32. The van der Waals surface area contributed by atoms with Crippen LogP contribution in [0.3, 0.4) is 0 Å². The zero-order valence-electron chi connectivity index (χ0n) is 20.8. The van der Waals surface area contributed by atoms with E-state index in [1.54, 1.807) is 22.2 Å². The van der Waals surface area contributed by atoms with Gasteiger partial charge in [-0.1, -0.05) is 0 Å². The summed E-state index contributed by atoms with van der Waals surface area (Å²) in [6, 6.07) is 4.06. The van der Waals surface area contributed by atoms with Crippen LogP contribution in [0.2, 0.25) is 0 Å². The first-order valence-electron chi connectivity index (χ1n) is 12.3. The standard InChI is InChI=1S/C24H31N9O3/c1-16(2)36-24(34)31-10-7-18(8-11-31)32-9-4-12-35-21-22(26-14-27-23(21)32)30-19-5-6-20(29-17(19)3)33-15-25-13-28-33/h5-6,13-16,18H,4,7-12H2,1-3H3,(H,26,27,30). The minimum Gasteiger partial charge on any atom is -0.486 e. The number of anilines is 3. The van der Waals surface area contributed by atoms with Crippen molar-refractivity contribution in [2.24, 2.45) is 0 Å². The van der Waals surface area contributed by atoms with Crippen molar-refractivity contribution in [1.82, 2.24) is 34.6 Å². The largest absolute Gasteiger partial charge is 0.486 e. The number of pyridine rings is 1. The molecule has 5 heterocycles. The Kier molecular flexibility index (Phi) is 6.83. The molecule has 0 aliphatic carbocycles. The van der Waals surface area contributed by atoms with Gasteiger partial charge in [0.05, 0.1) is 24.1 Å². The second-order valence-corrected chi connectivity index (χ2v) is 9.19. The number of amides is 1. The molecule has 5 rings (SSSR count). The van der Waals surface area contributed by atoms with Crippen LogP contribution in [-0.4, -0.2) is 79.1 Å². The van der Waals surface area contributed by atoms with Gasteiger partial charge in [0.1, 0.15) is 19.0 Å². The van der Waals surface area contributed by atoms with E-state index in [2.05, 4.69) is 35.3 Å². The number of hydrogen-bond acceptors (Lipinski definition) is 10. The van der Waals surface area contributed by atoms with Crippen molar-refractivity contribution >= 4 is 23.4 Å². The highest BCUT2D eigenvalue weighted by molar-refractivity contribution is 5.72. The van der Waals surface area contributed by atoms with Gasteiger partial charge >= 0.3 is 6.09 Å². The molecule has 0 spiro atoms. The number of aromatic nitrogens is 6. The summed E-state index contributed by atoms with van der Waals surface area (Å²) in [5.74, 6) is 2.70. The van der Waals surface area contributed by atoms with Gasteiger partial charge in [0.25, 0.3) is 0 Å². The fourth-order valence-electron chi connectivity index (χ4n) is 4.56. The highest BCUT2D eigenvalue weighted by Crippen LogP contribution is 2.38. The molecule has 36 heavy (non-hydrogen) atoms. The predicted octanol–water partition coefficient (Wildman–Crippen LogP) is 3.10. The Bertz CT molecular complexity index is 1190.